The number of nitriles is 1. The Morgan fingerprint density at radius 3 is 2.66 bits per heavy atom. The summed E-state index contributed by atoms with van der Waals surface area (Å²) in [6.45, 7) is 11.9. The average Bonchev–Trinajstić information content (AvgIpc) is 2.95. The van der Waals surface area contributed by atoms with Gasteiger partial charge in [-0.2, -0.15) is 5.26 Å². The molecule has 216 valence electrons. The second kappa shape index (κ2) is 14.2. The van der Waals surface area contributed by atoms with Crippen molar-refractivity contribution in [2.24, 2.45) is 0 Å². The molecule has 3 aromatic rings. The number of hydrogen-bond donors (Lipinski definition) is 2. The number of rotatable bonds is 11. The number of morpholine rings is 1. The lowest BCUT2D eigenvalue weighted by Crippen LogP contribution is -2.36. The van der Waals surface area contributed by atoms with Crippen LogP contribution in [0.25, 0.3) is 10.9 Å². The van der Waals surface area contributed by atoms with E-state index in [1.54, 1.807) is 24.3 Å². The number of aromatic nitrogens is 1. The smallest absolute Gasteiger partial charge is 0.248 e. The number of amides is 1. The predicted molar refractivity (Wildman–Crippen MR) is 163 cm³/mol. The topological polar surface area (TPSA) is 109 Å². The van der Waals surface area contributed by atoms with Crippen molar-refractivity contribution in [2.75, 3.05) is 50.1 Å². The molecule has 10 heteroatoms. The molecule has 1 aliphatic heterocycles. The molecule has 2 aromatic carbocycles. The highest BCUT2D eigenvalue weighted by atomic mass is 35.5. The van der Waals surface area contributed by atoms with E-state index in [1.807, 2.05) is 39.8 Å². The highest BCUT2D eigenvalue weighted by molar-refractivity contribution is 6.32. The minimum Gasteiger partial charge on any atom is -0.492 e. The molecule has 4 rings (SSSR count). The van der Waals surface area contributed by atoms with Crippen LogP contribution in [0.15, 0.2) is 42.5 Å². The summed E-state index contributed by atoms with van der Waals surface area (Å²) in [7, 11) is 0. The van der Waals surface area contributed by atoms with Gasteiger partial charge in [0, 0.05) is 42.9 Å². The number of nitrogens with one attached hydrogen (secondary N) is 2. The van der Waals surface area contributed by atoms with E-state index in [-0.39, 0.29) is 12.0 Å². The van der Waals surface area contributed by atoms with Crippen LogP contribution in [0.1, 0.15) is 39.0 Å². The monoisotopic (exact) mass is 577 g/mol. The lowest BCUT2D eigenvalue weighted by molar-refractivity contribution is -0.111. The molecule has 0 saturated carbocycles. The van der Waals surface area contributed by atoms with Gasteiger partial charge < -0.3 is 24.8 Å². The van der Waals surface area contributed by atoms with Gasteiger partial charge in [0.25, 0.3) is 0 Å². The number of fused-ring (bicyclic) bond motifs is 1. The fourth-order valence-electron chi connectivity index (χ4n) is 4.56. The molecule has 1 fully saturated rings. The van der Waals surface area contributed by atoms with Gasteiger partial charge in [0.15, 0.2) is 0 Å². The Labute approximate surface area is 246 Å². The number of ether oxygens (including phenoxy) is 3. The molecule has 1 aliphatic rings. The molecule has 0 aliphatic carbocycles. The van der Waals surface area contributed by atoms with Crippen LogP contribution in [0.3, 0.4) is 0 Å². The fourth-order valence-corrected chi connectivity index (χ4v) is 4.79. The first kappa shape index (κ1) is 30.1. The first-order valence-electron chi connectivity index (χ1n) is 13.9. The lowest BCUT2D eigenvalue weighted by atomic mass is 10.0. The van der Waals surface area contributed by atoms with E-state index in [4.69, 9.17) is 30.8 Å². The molecule has 1 amide bonds. The summed E-state index contributed by atoms with van der Waals surface area (Å²) in [6.07, 6.45) is 3.91. The zero-order chi connectivity index (χ0) is 29.4. The van der Waals surface area contributed by atoms with E-state index in [2.05, 4.69) is 21.6 Å². The molecule has 0 spiro atoms. The normalized spacial score (nSPS) is 13.9. The second-order valence-corrected chi connectivity index (χ2v) is 10.2. The van der Waals surface area contributed by atoms with Crippen molar-refractivity contribution >= 4 is 45.5 Å². The van der Waals surface area contributed by atoms with Crippen molar-refractivity contribution in [1.29, 1.82) is 5.26 Å². The van der Waals surface area contributed by atoms with E-state index in [0.717, 1.165) is 13.1 Å². The number of halogens is 1. The van der Waals surface area contributed by atoms with Gasteiger partial charge in [-0.15, -0.1) is 0 Å². The molecule has 2 N–H and O–H groups in total. The maximum absolute atomic E-state index is 12.9. The summed E-state index contributed by atoms with van der Waals surface area (Å²) in [6, 6.07) is 11.3. The Morgan fingerprint density at radius 2 is 2.00 bits per heavy atom. The summed E-state index contributed by atoms with van der Waals surface area (Å²) >= 11 is 6.50. The van der Waals surface area contributed by atoms with Crippen molar-refractivity contribution in [2.45, 2.75) is 40.2 Å². The number of benzene rings is 2. The standard InChI is InChI=1S/C31H36ClN5O4/c1-5-25-23(19-33)31(34-21-9-10-28(24(32)16-21)41-20(3)4)22-17-27(29(40-6-2)18-26(22)35-25)36-30(38)8-7-11-37-12-14-39-15-13-37/h7-10,16-18,20H,5-6,11-15H2,1-4H3,(H,34,35)(H,36,38)/b8-7+. The van der Waals surface area contributed by atoms with Crippen LogP contribution in [0, 0.1) is 11.3 Å². The van der Waals surface area contributed by atoms with Gasteiger partial charge in [-0.05, 0) is 51.5 Å². The van der Waals surface area contributed by atoms with Crippen molar-refractivity contribution in [3.05, 3.63) is 58.8 Å². The SMILES string of the molecule is CCOc1cc2nc(CC)c(C#N)c(Nc3ccc(OC(C)C)c(Cl)c3)c2cc1NC(=O)/C=C/CN1CCOCC1. The van der Waals surface area contributed by atoms with Crippen LogP contribution < -0.4 is 20.1 Å². The van der Waals surface area contributed by atoms with E-state index in [0.29, 0.717) is 88.5 Å². The van der Waals surface area contributed by atoms with Crippen LogP contribution >= 0.6 is 11.6 Å². The Hall–Kier alpha value is -3.84. The third kappa shape index (κ3) is 7.67. The molecule has 41 heavy (non-hydrogen) atoms. The summed E-state index contributed by atoms with van der Waals surface area (Å²) in [4.78, 5) is 19.9. The van der Waals surface area contributed by atoms with Crippen molar-refractivity contribution < 1.29 is 19.0 Å². The number of anilines is 3. The first-order valence-corrected chi connectivity index (χ1v) is 14.2. The van der Waals surface area contributed by atoms with Gasteiger partial charge in [0.2, 0.25) is 5.91 Å². The molecule has 1 aromatic heterocycles. The molecule has 2 heterocycles. The molecular weight excluding hydrogens is 542 g/mol. The van der Waals surface area contributed by atoms with Crippen LogP contribution in [0.4, 0.5) is 17.1 Å². The second-order valence-electron chi connectivity index (χ2n) is 9.81. The van der Waals surface area contributed by atoms with Crippen molar-refractivity contribution in [1.82, 2.24) is 9.88 Å². The van der Waals surface area contributed by atoms with Gasteiger partial charge in [0.1, 0.15) is 17.6 Å². The predicted octanol–water partition coefficient (Wildman–Crippen LogP) is 6.08. The van der Waals surface area contributed by atoms with E-state index >= 15 is 0 Å². The largest absolute Gasteiger partial charge is 0.492 e. The summed E-state index contributed by atoms with van der Waals surface area (Å²) in [5, 5.41) is 17.6. The van der Waals surface area contributed by atoms with Crippen LogP contribution in [-0.4, -0.2) is 61.3 Å². The molecular formula is C31H36ClN5O4. The van der Waals surface area contributed by atoms with Crippen LogP contribution in [0.2, 0.25) is 5.02 Å². The van der Waals surface area contributed by atoms with Crippen LogP contribution in [0.5, 0.6) is 11.5 Å². The summed E-state index contributed by atoms with van der Waals surface area (Å²) in [5.41, 5.74) is 3.45. The summed E-state index contributed by atoms with van der Waals surface area (Å²) in [5.74, 6) is 0.798. The number of pyridine rings is 1. The number of carbonyl (C=O) groups is 1. The minimum absolute atomic E-state index is 0.0184. The van der Waals surface area contributed by atoms with Gasteiger partial charge in [-0.1, -0.05) is 24.6 Å². The molecule has 1 saturated heterocycles. The Kier molecular flexibility index (Phi) is 10.4. The Morgan fingerprint density at radius 1 is 1.22 bits per heavy atom. The van der Waals surface area contributed by atoms with E-state index in [1.165, 1.54) is 6.08 Å². The molecule has 0 unspecified atom stereocenters. The Balaban J connectivity index is 1.70. The fraction of sp³-hybridized carbons (Fsp3) is 0.387. The maximum atomic E-state index is 12.9. The number of nitrogens with zero attached hydrogens (tertiary/aromatic N) is 3. The minimum atomic E-state index is -0.278. The average molecular weight is 578 g/mol. The van der Waals surface area contributed by atoms with E-state index in [9.17, 15) is 10.1 Å². The van der Waals surface area contributed by atoms with Gasteiger partial charge in [-0.3, -0.25) is 14.7 Å². The quantitative estimate of drug-likeness (QED) is 0.264. The zero-order valence-electron chi connectivity index (χ0n) is 23.9. The maximum Gasteiger partial charge on any atom is 0.248 e. The van der Waals surface area contributed by atoms with Gasteiger partial charge in [-0.25, -0.2) is 0 Å². The number of hydrogen-bond acceptors (Lipinski definition) is 8. The highest BCUT2D eigenvalue weighted by Gasteiger charge is 2.19. The first-order chi connectivity index (χ1) is 19.8. The summed E-state index contributed by atoms with van der Waals surface area (Å²) < 4.78 is 17.0. The zero-order valence-corrected chi connectivity index (χ0v) is 24.7. The van der Waals surface area contributed by atoms with Crippen LogP contribution in [-0.2, 0) is 16.0 Å². The molecule has 0 atom stereocenters. The van der Waals surface area contributed by atoms with Crippen molar-refractivity contribution in [3.63, 3.8) is 0 Å². The van der Waals surface area contributed by atoms with Gasteiger partial charge >= 0.3 is 0 Å². The molecule has 0 radical (unpaired) electrons. The molecule has 9 nitrogen and oxygen atoms in total. The lowest BCUT2D eigenvalue weighted by Gasteiger charge is -2.25. The van der Waals surface area contributed by atoms with E-state index < -0.39 is 0 Å². The van der Waals surface area contributed by atoms with Gasteiger partial charge in [0.05, 0.1) is 59.1 Å². The third-order valence-corrected chi connectivity index (χ3v) is 6.76. The number of carbonyl (C=O) groups excluding carboxylic acids is 1. The molecule has 0 bridgehead atoms. The number of aryl methyl sites for hydroxylation is 1. The van der Waals surface area contributed by atoms with Crippen molar-refractivity contribution in [3.8, 4) is 17.6 Å². The third-order valence-electron chi connectivity index (χ3n) is 6.47. The Bertz CT molecular complexity index is 1460. The highest BCUT2D eigenvalue weighted by Crippen LogP contribution is 2.38.